The summed E-state index contributed by atoms with van der Waals surface area (Å²) in [4.78, 5) is 0. The molecule has 0 bridgehead atoms. The van der Waals surface area contributed by atoms with E-state index in [9.17, 15) is 0 Å². The van der Waals surface area contributed by atoms with Gasteiger partial charge in [-0.15, -0.1) is 0 Å². The van der Waals surface area contributed by atoms with Gasteiger partial charge in [0.25, 0.3) is 0 Å². The highest BCUT2D eigenvalue weighted by molar-refractivity contribution is 6.90. The Kier molecular flexibility index (Phi) is 4.89. The van der Waals surface area contributed by atoms with Gasteiger partial charge in [0.2, 0.25) is 11.2 Å². The smallest absolute Gasteiger partial charge is 0.194 e. The van der Waals surface area contributed by atoms with E-state index in [1.165, 1.54) is 49.2 Å². The largest absolute Gasteiger partial charge is 0.213 e. The van der Waals surface area contributed by atoms with Crippen LogP contribution in [0.15, 0.2) is 60.7 Å². The third kappa shape index (κ3) is 3.37. The lowest BCUT2D eigenvalue weighted by Crippen LogP contribution is -2.40. The summed E-state index contributed by atoms with van der Waals surface area (Å²) in [7, 11) is 0.808. The van der Waals surface area contributed by atoms with E-state index in [-0.39, 0.29) is 5.41 Å². The van der Waals surface area contributed by atoms with Crippen molar-refractivity contribution in [3.8, 4) is 11.3 Å². The standard InChI is InChI=1S/C28H34NSi/c1-19-20-12-9-10-13-21(20)24(28(2,3)4)18-23(19)26-17-16-22-25(29(26)5)14-11-15-27(22)30(6,7)8/h9-18H,1-8H3/q+1. The molecule has 0 N–H and O–H groups in total. The van der Waals surface area contributed by atoms with Crippen LogP contribution in [0.1, 0.15) is 31.9 Å². The van der Waals surface area contributed by atoms with Crippen molar-refractivity contribution in [1.82, 2.24) is 0 Å². The molecule has 0 radical (unpaired) electrons. The number of hydrogen-bond donors (Lipinski definition) is 0. The molecule has 3 aromatic carbocycles. The summed E-state index contributed by atoms with van der Waals surface area (Å²) in [5.41, 5.74) is 6.79. The van der Waals surface area contributed by atoms with E-state index in [1.54, 1.807) is 0 Å². The Morgan fingerprint density at radius 1 is 0.767 bits per heavy atom. The predicted molar refractivity (Wildman–Crippen MR) is 134 cm³/mol. The Morgan fingerprint density at radius 2 is 1.43 bits per heavy atom. The van der Waals surface area contributed by atoms with Gasteiger partial charge in [-0.05, 0) is 51.6 Å². The van der Waals surface area contributed by atoms with Crippen LogP contribution in [0.4, 0.5) is 0 Å². The molecule has 0 aliphatic heterocycles. The zero-order valence-corrected chi connectivity index (χ0v) is 20.7. The van der Waals surface area contributed by atoms with Crippen molar-refractivity contribution >= 4 is 34.9 Å². The molecule has 0 unspecified atom stereocenters. The zero-order chi connectivity index (χ0) is 21.8. The van der Waals surface area contributed by atoms with Crippen molar-refractivity contribution in [1.29, 1.82) is 0 Å². The van der Waals surface area contributed by atoms with E-state index in [2.05, 4.69) is 120 Å². The second-order valence-electron chi connectivity index (χ2n) is 10.7. The van der Waals surface area contributed by atoms with Gasteiger partial charge in [-0.3, -0.25) is 0 Å². The first-order chi connectivity index (χ1) is 14.0. The molecule has 0 aliphatic carbocycles. The summed E-state index contributed by atoms with van der Waals surface area (Å²) in [5, 5.41) is 5.66. The number of fused-ring (bicyclic) bond motifs is 2. The summed E-state index contributed by atoms with van der Waals surface area (Å²) < 4.78 is 2.39. The molecule has 4 aromatic rings. The molecular formula is C28H34NSi+. The number of benzene rings is 3. The fraction of sp³-hybridized carbons (Fsp3) is 0.321. The maximum atomic E-state index is 2.43. The van der Waals surface area contributed by atoms with Crippen LogP contribution in [-0.2, 0) is 12.5 Å². The van der Waals surface area contributed by atoms with Gasteiger partial charge < -0.3 is 0 Å². The Morgan fingerprint density at radius 3 is 2.07 bits per heavy atom. The highest BCUT2D eigenvalue weighted by Gasteiger charge is 2.26. The molecule has 0 aliphatic rings. The van der Waals surface area contributed by atoms with Gasteiger partial charge in [0.1, 0.15) is 7.05 Å². The van der Waals surface area contributed by atoms with Crippen LogP contribution in [-0.4, -0.2) is 8.07 Å². The average molecular weight is 413 g/mol. The summed E-state index contributed by atoms with van der Waals surface area (Å²) in [6.07, 6.45) is 0. The molecule has 0 fully saturated rings. The van der Waals surface area contributed by atoms with E-state index in [0.29, 0.717) is 0 Å². The van der Waals surface area contributed by atoms with Crippen molar-refractivity contribution < 1.29 is 4.57 Å². The third-order valence-corrected chi connectivity index (χ3v) is 8.47. The summed E-state index contributed by atoms with van der Waals surface area (Å²) in [6, 6.07) is 22.8. The van der Waals surface area contributed by atoms with Crippen molar-refractivity contribution in [2.75, 3.05) is 0 Å². The maximum Gasteiger partial charge on any atom is 0.213 e. The molecule has 4 rings (SSSR count). The van der Waals surface area contributed by atoms with E-state index >= 15 is 0 Å². The third-order valence-electron chi connectivity index (χ3n) is 6.42. The Balaban J connectivity index is 2.06. The lowest BCUT2D eigenvalue weighted by atomic mass is 9.80. The summed E-state index contributed by atoms with van der Waals surface area (Å²) in [6.45, 7) is 16.5. The average Bonchev–Trinajstić information content (AvgIpc) is 2.67. The van der Waals surface area contributed by atoms with Gasteiger partial charge >= 0.3 is 0 Å². The fourth-order valence-electron chi connectivity index (χ4n) is 4.76. The Bertz CT molecular complexity index is 1270. The first-order valence-corrected chi connectivity index (χ1v) is 14.5. The van der Waals surface area contributed by atoms with Crippen molar-refractivity contribution in [3.63, 3.8) is 0 Å². The Hall–Kier alpha value is -2.45. The van der Waals surface area contributed by atoms with Crippen LogP contribution in [0.2, 0.25) is 19.6 Å². The number of pyridine rings is 1. The van der Waals surface area contributed by atoms with Gasteiger partial charge in [-0.1, -0.05) is 76.8 Å². The number of nitrogens with zero attached hydrogens (tertiary/aromatic N) is 1. The molecule has 2 heteroatoms. The van der Waals surface area contributed by atoms with Gasteiger partial charge in [0.15, 0.2) is 0 Å². The van der Waals surface area contributed by atoms with E-state index < -0.39 is 8.07 Å². The Labute approximate surface area is 182 Å². The number of aryl methyl sites for hydroxylation is 2. The van der Waals surface area contributed by atoms with Crippen LogP contribution in [0.3, 0.4) is 0 Å². The van der Waals surface area contributed by atoms with Gasteiger partial charge in [-0.2, -0.15) is 4.57 Å². The molecule has 0 saturated heterocycles. The predicted octanol–water partition coefficient (Wildman–Crippen LogP) is 6.64. The minimum atomic E-state index is -1.41. The number of hydrogen-bond acceptors (Lipinski definition) is 0. The highest BCUT2D eigenvalue weighted by atomic mass is 28.3. The highest BCUT2D eigenvalue weighted by Crippen LogP contribution is 2.37. The molecule has 0 saturated carbocycles. The first-order valence-electron chi connectivity index (χ1n) is 11.0. The second kappa shape index (κ2) is 7.06. The van der Waals surface area contributed by atoms with Crippen LogP contribution in [0.25, 0.3) is 32.9 Å². The van der Waals surface area contributed by atoms with Gasteiger partial charge in [0.05, 0.1) is 8.07 Å². The number of aromatic nitrogens is 1. The molecule has 0 amide bonds. The topological polar surface area (TPSA) is 3.88 Å². The summed E-state index contributed by atoms with van der Waals surface area (Å²) >= 11 is 0. The van der Waals surface area contributed by atoms with Crippen LogP contribution in [0.5, 0.6) is 0 Å². The molecule has 0 atom stereocenters. The van der Waals surface area contributed by atoms with E-state index in [0.717, 1.165) is 0 Å². The quantitative estimate of drug-likeness (QED) is 0.257. The molecule has 154 valence electrons. The van der Waals surface area contributed by atoms with E-state index in [4.69, 9.17) is 0 Å². The van der Waals surface area contributed by atoms with E-state index in [1.807, 2.05) is 0 Å². The minimum absolute atomic E-state index is 0.0858. The molecule has 1 aromatic heterocycles. The number of rotatable bonds is 2. The van der Waals surface area contributed by atoms with Crippen LogP contribution < -0.4 is 9.75 Å². The molecule has 30 heavy (non-hydrogen) atoms. The normalized spacial score (nSPS) is 12.7. The molecule has 1 nitrogen and oxygen atoms in total. The fourth-order valence-corrected chi connectivity index (χ4v) is 6.37. The molecule has 1 heterocycles. The molecular weight excluding hydrogens is 378 g/mol. The maximum absolute atomic E-state index is 2.43. The van der Waals surface area contributed by atoms with Crippen molar-refractivity contribution in [2.45, 2.75) is 52.8 Å². The van der Waals surface area contributed by atoms with Crippen LogP contribution in [0, 0.1) is 6.92 Å². The van der Waals surface area contributed by atoms with Gasteiger partial charge in [-0.25, -0.2) is 0 Å². The van der Waals surface area contributed by atoms with Gasteiger partial charge in [0, 0.05) is 23.1 Å². The monoisotopic (exact) mass is 412 g/mol. The van der Waals surface area contributed by atoms with Crippen molar-refractivity contribution in [3.05, 3.63) is 71.8 Å². The SMILES string of the molecule is Cc1c(-c2ccc3c([Si](C)(C)C)cccc3[n+]2C)cc(C(C)(C)C)c2ccccc12. The molecule has 0 spiro atoms. The lowest BCUT2D eigenvalue weighted by Gasteiger charge is -2.24. The zero-order valence-electron chi connectivity index (χ0n) is 19.7. The minimum Gasteiger partial charge on any atom is -0.194 e. The summed E-state index contributed by atoms with van der Waals surface area (Å²) in [5.74, 6) is 0. The lowest BCUT2D eigenvalue weighted by molar-refractivity contribution is -0.633. The van der Waals surface area contributed by atoms with Crippen LogP contribution >= 0.6 is 0 Å². The second-order valence-corrected chi connectivity index (χ2v) is 15.7. The van der Waals surface area contributed by atoms with Crippen molar-refractivity contribution in [2.24, 2.45) is 7.05 Å². The first kappa shape index (κ1) is 20.8.